The van der Waals surface area contributed by atoms with Gasteiger partial charge in [-0.3, -0.25) is 0 Å². The van der Waals surface area contributed by atoms with Gasteiger partial charge < -0.3 is 9.84 Å². The molecular weight excluding hydrogens is 270 g/mol. The van der Waals surface area contributed by atoms with E-state index in [9.17, 15) is 0 Å². The van der Waals surface area contributed by atoms with Crippen LogP contribution < -0.4 is 5.32 Å². The molecule has 1 fully saturated rings. The normalized spacial score (nSPS) is 18.3. The lowest BCUT2D eigenvalue weighted by Gasteiger charge is -2.36. The van der Waals surface area contributed by atoms with Gasteiger partial charge in [0, 0.05) is 22.9 Å². The highest BCUT2D eigenvalue weighted by molar-refractivity contribution is 7.08. The van der Waals surface area contributed by atoms with Gasteiger partial charge in [-0.05, 0) is 37.8 Å². The monoisotopic (exact) mass is 291 g/mol. The van der Waals surface area contributed by atoms with Gasteiger partial charge in [-0.15, -0.1) is 0 Å². The summed E-state index contributed by atoms with van der Waals surface area (Å²) in [5.41, 5.74) is 2.45. The Labute approximate surface area is 123 Å². The molecule has 0 amide bonds. The third-order valence-corrected chi connectivity index (χ3v) is 5.26. The first kappa shape index (κ1) is 13.8. The Balaban J connectivity index is 1.78. The Morgan fingerprint density at radius 2 is 2.10 bits per heavy atom. The van der Waals surface area contributed by atoms with E-state index >= 15 is 0 Å². The summed E-state index contributed by atoms with van der Waals surface area (Å²) in [5, 5.41) is 11.8. The van der Waals surface area contributed by atoms with Crippen LogP contribution in [0, 0.1) is 6.92 Å². The van der Waals surface area contributed by atoms with Gasteiger partial charge in [-0.1, -0.05) is 24.4 Å². The molecule has 1 aliphatic rings. The van der Waals surface area contributed by atoms with Crippen LogP contribution >= 0.6 is 11.3 Å². The molecule has 0 radical (unpaired) electrons. The van der Waals surface area contributed by atoms with Crippen molar-refractivity contribution in [3.05, 3.63) is 22.2 Å². The predicted octanol–water partition coefficient (Wildman–Crippen LogP) is 3.57. The van der Waals surface area contributed by atoms with E-state index < -0.39 is 0 Å². The molecule has 0 atom stereocenters. The summed E-state index contributed by atoms with van der Waals surface area (Å²) in [4.78, 5) is 4.59. The second-order valence-corrected chi connectivity index (χ2v) is 6.49. The average Bonchev–Trinajstić information content (AvgIpc) is 3.08. The third-order valence-electron chi connectivity index (χ3n) is 4.40. The van der Waals surface area contributed by atoms with E-state index in [4.69, 9.17) is 4.52 Å². The van der Waals surface area contributed by atoms with Crippen LogP contribution in [0.2, 0.25) is 0 Å². The second kappa shape index (κ2) is 5.66. The number of hydrogen-bond donors (Lipinski definition) is 1. The zero-order valence-corrected chi connectivity index (χ0v) is 12.9. The number of hydrogen-bond acceptors (Lipinski definition) is 5. The second-order valence-electron chi connectivity index (χ2n) is 5.75. The zero-order valence-electron chi connectivity index (χ0n) is 12.1. The summed E-state index contributed by atoms with van der Waals surface area (Å²) in [5.74, 6) is 1.47. The van der Waals surface area contributed by atoms with Crippen molar-refractivity contribution in [2.24, 2.45) is 0 Å². The first-order chi connectivity index (χ1) is 9.72. The van der Waals surface area contributed by atoms with Gasteiger partial charge in [0.15, 0.2) is 0 Å². The van der Waals surface area contributed by atoms with E-state index in [1.165, 1.54) is 37.7 Å². The minimum atomic E-state index is 0.145. The number of aromatic nitrogens is 2. The molecule has 0 spiro atoms. The predicted molar refractivity (Wildman–Crippen MR) is 80.9 cm³/mol. The van der Waals surface area contributed by atoms with Crippen LogP contribution in [0.5, 0.6) is 0 Å². The fourth-order valence-corrected chi connectivity index (χ4v) is 3.89. The van der Waals surface area contributed by atoms with Gasteiger partial charge in [0.1, 0.15) is 0 Å². The quantitative estimate of drug-likeness (QED) is 0.935. The van der Waals surface area contributed by atoms with Crippen LogP contribution in [0.3, 0.4) is 0 Å². The average molecular weight is 291 g/mol. The fourth-order valence-electron chi connectivity index (χ4n) is 3.06. The first-order valence-electron chi connectivity index (χ1n) is 7.27. The first-order valence-corrected chi connectivity index (χ1v) is 8.21. The standard InChI is InChI=1S/C15H21N3OS/c1-11-9-20-10-12(11)14-17-13(19-18-14)8-15(16-2)6-4-3-5-7-15/h9-10,16H,3-8H2,1-2H3. The molecule has 0 aromatic carbocycles. The zero-order chi connectivity index (χ0) is 14.0. The number of rotatable bonds is 4. The highest BCUT2D eigenvalue weighted by atomic mass is 32.1. The molecule has 0 aliphatic heterocycles. The SMILES string of the molecule is CNC1(Cc2nc(-c3cscc3C)no2)CCCCC1. The molecule has 2 heterocycles. The fraction of sp³-hybridized carbons (Fsp3) is 0.600. The number of aryl methyl sites for hydroxylation is 1. The molecule has 3 rings (SSSR count). The molecule has 20 heavy (non-hydrogen) atoms. The molecule has 5 heteroatoms. The molecule has 1 aliphatic carbocycles. The third kappa shape index (κ3) is 2.65. The minimum absolute atomic E-state index is 0.145. The van der Waals surface area contributed by atoms with Crippen molar-refractivity contribution in [3.63, 3.8) is 0 Å². The molecule has 1 saturated carbocycles. The van der Waals surface area contributed by atoms with E-state index in [2.05, 4.69) is 33.1 Å². The van der Waals surface area contributed by atoms with Crippen LogP contribution in [-0.4, -0.2) is 22.7 Å². The summed E-state index contributed by atoms with van der Waals surface area (Å²) < 4.78 is 5.48. The summed E-state index contributed by atoms with van der Waals surface area (Å²) in [6, 6.07) is 0. The van der Waals surface area contributed by atoms with E-state index in [0.29, 0.717) is 0 Å². The topological polar surface area (TPSA) is 51.0 Å². The summed E-state index contributed by atoms with van der Waals surface area (Å²) in [6.45, 7) is 2.08. The van der Waals surface area contributed by atoms with Crippen LogP contribution in [-0.2, 0) is 6.42 Å². The molecule has 0 saturated heterocycles. The van der Waals surface area contributed by atoms with Gasteiger partial charge in [0.05, 0.1) is 0 Å². The maximum Gasteiger partial charge on any atom is 0.228 e. The lowest BCUT2D eigenvalue weighted by Crippen LogP contribution is -2.46. The summed E-state index contributed by atoms with van der Waals surface area (Å²) >= 11 is 1.68. The Bertz CT molecular complexity index is 569. The van der Waals surface area contributed by atoms with Gasteiger partial charge in [-0.25, -0.2) is 0 Å². The van der Waals surface area contributed by atoms with Crippen LogP contribution in [0.4, 0.5) is 0 Å². The molecule has 0 unspecified atom stereocenters. The van der Waals surface area contributed by atoms with Crippen molar-refractivity contribution in [2.75, 3.05) is 7.05 Å². The van der Waals surface area contributed by atoms with E-state index in [1.54, 1.807) is 11.3 Å². The van der Waals surface area contributed by atoms with Gasteiger partial charge in [0.25, 0.3) is 0 Å². The summed E-state index contributed by atoms with van der Waals surface area (Å²) in [7, 11) is 2.05. The number of nitrogens with zero attached hydrogens (tertiary/aromatic N) is 2. The van der Waals surface area contributed by atoms with Crippen LogP contribution in [0.25, 0.3) is 11.4 Å². The molecule has 4 nitrogen and oxygen atoms in total. The largest absolute Gasteiger partial charge is 0.339 e. The van der Waals surface area contributed by atoms with Crippen molar-refractivity contribution < 1.29 is 4.52 Å². The minimum Gasteiger partial charge on any atom is -0.339 e. The number of likely N-dealkylation sites (N-methyl/N-ethyl adjacent to an activating group) is 1. The van der Waals surface area contributed by atoms with Crippen molar-refractivity contribution in [1.29, 1.82) is 0 Å². The molecule has 1 N–H and O–H groups in total. The summed E-state index contributed by atoms with van der Waals surface area (Å²) in [6.07, 6.45) is 7.13. The van der Waals surface area contributed by atoms with Gasteiger partial charge in [0.2, 0.25) is 11.7 Å². The highest BCUT2D eigenvalue weighted by Gasteiger charge is 2.32. The van der Waals surface area contributed by atoms with Crippen molar-refractivity contribution >= 4 is 11.3 Å². The molecule has 108 valence electrons. The van der Waals surface area contributed by atoms with E-state index in [1.807, 2.05) is 7.05 Å². The lowest BCUT2D eigenvalue weighted by molar-refractivity contribution is 0.221. The Hall–Kier alpha value is -1.20. The van der Waals surface area contributed by atoms with Crippen LogP contribution in [0.1, 0.15) is 43.6 Å². The van der Waals surface area contributed by atoms with Gasteiger partial charge in [-0.2, -0.15) is 16.3 Å². The smallest absolute Gasteiger partial charge is 0.228 e. The molecule has 2 aromatic heterocycles. The lowest BCUT2D eigenvalue weighted by atomic mass is 9.79. The van der Waals surface area contributed by atoms with Crippen molar-refractivity contribution in [1.82, 2.24) is 15.5 Å². The maximum atomic E-state index is 5.48. The van der Waals surface area contributed by atoms with Crippen molar-refractivity contribution in [3.8, 4) is 11.4 Å². The number of thiophene rings is 1. The maximum absolute atomic E-state index is 5.48. The van der Waals surface area contributed by atoms with Crippen molar-refractivity contribution in [2.45, 2.75) is 51.0 Å². The number of nitrogens with one attached hydrogen (secondary N) is 1. The van der Waals surface area contributed by atoms with E-state index in [-0.39, 0.29) is 5.54 Å². The Kier molecular flexibility index (Phi) is 3.89. The van der Waals surface area contributed by atoms with Gasteiger partial charge >= 0.3 is 0 Å². The highest BCUT2D eigenvalue weighted by Crippen LogP contribution is 2.31. The molecular formula is C15H21N3OS. The Morgan fingerprint density at radius 3 is 2.75 bits per heavy atom. The molecule has 2 aromatic rings. The molecule has 0 bridgehead atoms. The van der Waals surface area contributed by atoms with Crippen LogP contribution in [0.15, 0.2) is 15.3 Å². The Morgan fingerprint density at radius 1 is 1.30 bits per heavy atom. The van der Waals surface area contributed by atoms with E-state index in [0.717, 1.165) is 23.7 Å².